The van der Waals surface area contributed by atoms with Gasteiger partial charge in [-0.2, -0.15) is 0 Å². The quantitative estimate of drug-likeness (QED) is 0.636. The van der Waals surface area contributed by atoms with E-state index in [0.29, 0.717) is 0 Å². The Labute approximate surface area is 141 Å². The fraction of sp³-hybridized carbons (Fsp3) is 0.125. The second-order valence-corrected chi connectivity index (χ2v) is 6.78. The van der Waals surface area contributed by atoms with Crippen LogP contribution in [0, 0.1) is 10.5 Å². The molecule has 3 rings (SSSR count). The lowest BCUT2D eigenvalue weighted by molar-refractivity contribution is 1.07. The summed E-state index contributed by atoms with van der Waals surface area (Å²) in [5, 5.41) is 6.49. The molecule has 106 valence electrons. The first-order valence-electron chi connectivity index (χ1n) is 6.58. The Hall–Kier alpha value is -1.47. The first-order chi connectivity index (χ1) is 10.2. The van der Waals surface area contributed by atoms with Gasteiger partial charge in [0.2, 0.25) is 0 Å². The van der Waals surface area contributed by atoms with Crippen LogP contribution in [0.2, 0.25) is 0 Å². The van der Waals surface area contributed by atoms with E-state index in [9.17, 15) is 0 Å². The predicted molar refractivity (Wildman–Crippen MR) is 96.6 cm³/mol. The lowest BCUT2D eigenvalue weighted by Crippen LogP contribution is -2.01. The van der Waals surface area contributed by atoms with Crippen LogP contribution in [-0.2, 0) is 6.54 Å². The number of aryl methyl sites for hydroxylation is 1. The van der Waals surface area contributed by atoms with Gasteiger partial charge in [-0.05, 0) is 65.4 Å². The SMILES string of the molecule is Cc1cc(I)ccc1NCc1csc(-c2ccccn2)n1. The topological polar surface area (TPSA) is 37.8 Å². The van der Waals surface area contributed by atoms with E-state index in [4.69, 9.17) is 0 Å². The third kappa shape index (κ3) is 3.59. The van der Waals surface area contributed by atoms with Crippen LogP contribution < -0.4 is 5.32 Å². The summed E-state index contributed by atoms with van der Waals surface area (Å²) in [6, 6.07) is 12.3. The van der Waals surface area contributed by atoms with Gasteiger partial charge < -0.3 is 5.32 Å². The number of aromatic nitrogens is 2. The molecular weight excluding hydrogens is 393 g/mol. The number of rotatable bonds is 4. The summed E-state index contributed by atoms with van der Waals surface area (Å²) in [5.74, 6) is 0. The van der Waals surface area contributed by atoms with E-state index in [0.717, 1.165) is 28.6 Å². The zero-order valence-electron chi connectivity index (χ0n) is 11.5. The van der Waals surface area contributed by atoms with Crippen molar-refractivity contribution < 1.29 is 0 Å². The Morgan fingerprint density at radius 1 is 1.24 bits per heavy atom. The number of halogens is 1. The van der Waals surface area contributed by atoms with E-state index in [-0.39, 0.29) is 0 Å². The Morgan fingerprint density at radius 3 is 2.90 bits per heavy atom. The van der Waals surface area contributed by atoms with Crippen LogP contribution in [0.5, 0.6) is 0 Å². The van der Waals surface area contributed by atoms with Gasteiger partial charge in [-0.15, -0.1) is 11.3 Å². The second kappa shape index (κ2) is 6.53. The van der Waals surface area contributed by atoms with Gasteiger partial charge in [0.15, 0.2) is 0 Å². The molecule has 0 fully saturated rings. The van der Waals surface area contributed by atoms with Crippen molar-refractivity contribution in [3.05, 3.63) is 62.8 Å². The van der Waals surface area contributed by atoms with Crippen molar-refractivity contribution in [1.82, 2.24) is 9.97 Å². The molecule has 0 saturated heterocycles. The van der Waals surface area contributed by atoms with Gasteiger partial charge >= 0.3 is 0 Å². The van der Waals surface area contributed by atoms with Crippen molar-refractivity contribution in [2.45, 2.75) is 13.5 Å². The molecule has 0 atom stereocenters. The van der Waals surface area contributed by atoms with E-state index in [1.807, 2.05) is 18.2 Å². The van der Waals surface area contributed by atoms with Gasteiger partial charge in [0.25, 0.3) is 0 Å². The molecule has 3 aromatic rings. The number of anilines is 1. The van der Waals surface area contributed by atoms with Gasteiger partial charge in [0.1, 0.15) is 5.01 Å². The van der Waals surface area contributed by atoms with Crippen molar-refractivity contribution in [2.24, 2.45) is 0 Å². The van der Waals surface area contributed by atoms with Gasteiger partial charge in [0, 0.05) is 20.8 Å². The molecule has 0 radical (unpaired) electrons. The Bertz CT molecular complexity index is 740. The molecule has 5 heteroatoms. The molecule has 1 aromatic carbocycles. The summed E-state index contributed by atoms with van der Waals surface area (Å²) in [6.45, 7) is 2.84. The van der Waals surface area contributed by atoms with Crippen LogP contribution in [0.1, 0.15) is 11.3 Å². The van der Waals surface area contributed by atoms with E-state index in [1.165, 1.54) is 9.13 Å². The largest absolute Gasteiger partial charge is 0.379 e. The number of nitrogens with one attached hydrogen (secondary N) is 1. The van der Waals surface area contributed by atoms with E-state index >= 15 is 0 Å². The minimum Gasteiger partial charge on any atom is -0.379 e. The van der Waals surface area contributed by atoms with Crippen LogP contribution in [0.15, 0.2) is 48.0 Å². The predicted octanol–water partition coefficient (Wildman–Crippen LogP) is 4.73. The van der Waals surface area contributed by atoms with Crippen LogP contribution in [0.3, 0.4) is 0 Å². The van der Waals surface area contributed by atoms with Crippen molar-refractivity contribution >= 4 is 39.6 Å². The minimum atomic E-state index is 0.727. The van der Waals surface area contributed by atoms with Crippen molar-refractivity contribution in [3.63, 3.8) is 0 Å². The number of thiazole rings is 1. The molecular formula is C16H14IN3S. The number of nitrogens with zero attached hydrogens (tertiary/aromatic N) is 2. The first kappa shape index (κ1) is 14.5. The molecule has 0 amide bonds. The van der Waals surface area contributed by atoms with Gasteiger partial charge in [-0.3, -0.25) is 4.98 Å². The molecule has 2 aromatic heterocycles. The zero-order valence-corrected chi connectivity index (χ0v) is 14.5. The summed E-state index contributed by atoms with van der Waals surface area (Å²) in [5.41, 5.74) is 4.38. The van der Waals surface area contributed by atoms with Gasteiger partial charge in [-0.25, -0.2) is 4.98 Å². The highest BCUT2D eigenvalue weighted by Crippen LogP contribution is 2.23. The van der Waals surface area contributed by atoms with E-state index in [2.05, 4.69) is 68.4 Å². The highest BCUT2D eigenvalue weighted by molar-refractivity contribution is 14.1. The number of pyridine rings is 1. The lowest BCUT2D eigenvalue weighted by Gasteiger charge is -2.08. The highest BCUT2D eigenvalue weighted by Gasteiger charge is 2.06. The standard InChI is InChI=1S/C16H14IN3S/c1-11-8-12(17)5-6-14(11)19-9-13-10-21-16(20-13)15-4-2-3-7-18-15/h2-8,10,19H,9H2,1H3. The third-order valence-electron chi connectivity index (χ3n) is 3.08. The van der Waals surface area contributed by atoms with Crippen LogP contribution in [0.4, 0.5) is 5.69 Å². The maximum Gasteiger partial charge on any atom is 0.142 e. The summed E-state index contributed by atoms with van der Waals surface area (Å²) < 4.78 is 1.25. The zero-order chi connectivity index (χ0) is 14.7. The average molecular weight is 407 g/mol. The molecule has 0 unspecified atom stereocenters. The third-order valence-corrected chi connectivity index (χ3v) is 4.67. The molecule has 0 bridgehead atoms. The Kier molecular flexibility index (Phi) is 4.50. The molecule has 21 heavy (non-hydrogen) atoms. The maximum atomic E-state index is 4.63. The van der Waals surface area contributed by atoms with Crippen LogP contribution >= 0.6 is 33.9 Å². The van der Waals surface area contributed by atoms with Gasteiger partial charge in [-0.1, -0.05) is 6.07 Å². The van der Waals surface area contributed by atoms with Crippen molar-refractivity contribution in [3.8, 4) is 10.7 Å². The molecule has 0 aliphatic heterocycles. The molecule has 0 spiro atoms. The second-order valence-electron chi connectivity index (χ2n) is 4.67. The number of hydrogen-bond donors (Lipinski definition) is 1. The fourth-order valence-corrected chi connectivity index (χ4v) is 3.45. The van der Waals surface area contributed by atoms with Crippen LogP contribution in [0.25, 0.3) is 10.7 Å². The Morgan fingerprint density at radius 2 is 2.14 bits per heavy atom. The van der Waals surface area contributed by atoms with Crippen molar-refractivity contribution in [2.75, 3.05) is 5.32 Å². The highest BCUT2D eigenvalue weighted by atomic mass is 127. The monoisotopic (exact) mass is 407 g/mol. The molecule has 0 saturated carbocycles. The lowest BCUT2D eigenvalue weighted by atomic mass is 10.2. The molecule has 1 N–H and O–H groups in total. The van der Waals surface area contributed by atoms with Crippen LogP contribution in [-0.4, -0.2) is 9.97 Å². The molecule has 0 aliphatic rings. The summed E-state index contributed by atoms with van der Waals surface area (Å²) in [6.07, 6.45) is 1.80. The fourth-order valence-electron chi connectivity index (χ4n) is 2.01. The maximum absolute atomic E-state index is 4.63. The van der Waals surface area contributed by atoms with Crippen molar-refractivity contribution in [1.29, 1.82) is 0 Å². The molecule has 2 heterocycles. The summed E-state index contributed by atoms with van der Waals surface area (Å²) in [7, 11) is 0. The number of hydrogen-bond acceptors (Lipinski definition) is 4. The number of benzene rings is 1. The van der Waals surface area contributed by atoms with E-state index < -0.39 is 0 Å². The minimum absolute atomic E-state index is 0.727. The summed E-state index contributed by atoms with van der Waals surface area (Å²) in [4.78, 5) is 8.97. The Balaban J connectivity index is 1.70. The first-order valence-corrected chi connectivity index (χ1v) is 8.54. The normalized spacial score (nSPS) is 10.6. The molecule has 3 nitrogen and oxygen atoms in total. The van der Waals surface area contributed by atoms with Gasteiger partial charge in [0.05, 0.1) is 17.9 Å². The average Bonchev–Trinajstić information content (AvgIpc) is 2.96. The smallest absolute Gasteiger partial charge is 0.142 e. The molecule has 0 aliphatic carbocycles. The van der Waals surface area contributed by atoms with E-state index in [1.54, 1.807) is 17.5 Å². The summed E-state index contributed by atoms with van der Waals surface area (Å²) >= 11 is 3.96.